The van der Waals surface area contributed by atoms with Crippen LogP contribution < -0.4 is 26.6 Å². The summed E-state index contributed by atoms with van der Waals surface area (Å²) >= 11 is 0. The molecule has 1 heterocycles. The van der Waals surface area contributed by atoms with Gasteiger partial charge in [0.2, 0.25) is 5.91 Å². The highest BCUT2D eigenvalue weighted by Crippen LogP contribution is 2.08. The van der Waals surface area contributed by atoms with Gasteiger partial charge in [-0.25, -0.2) is 4.79 Å². The van der Waals surface area contributed by atoms with Gasteiger partial charge in [-0.1, -0.05) is 18.2 Å². The van der Waals surface area contributed by atoms with Crippen molar-refractivity contribution < 1.29 is 14.3 Å². The van der Waals surface area contributed by atoms with Crippen LogP contribution in [0.15, 0.2) is 46.0 Å². The average Bonchev–Trinajstić information content (AvgIpc) is 2.65. The molecule has 9 heteroatoms. The van der Waals surface area contributed by atoms with Crippen LogP contribution in [0, 0.1) is 0 Å². The first-order valence-corrected chi connectivity index (χ1v) is 8.42. The molecular weight excluding hydrogens is 352 g/mol. The van der Waals surface area contributed by atoms with Crippen LogP contribution in [-0.4, -0.2) is 34.1 Å². The second kappa shape index (κ2) is 9.37. The van der Waals surface area contributed by atoms with E-state index in [1.807, 2.05) is 6.07 Å². The van der Waals surface area contributed by atoms with Crippen LogP contribution >= 0.6 is 0 Å². The summed E-state index contributed by atoms with van der Waals surface area (Å²) in [5.74, 6) is 0.0959. The van der Waals surface area contributed by atoms with E-state index in [-0.39, 0.29) is 31.8 Å². The number of ether oxygens (including phenoxy) is 1. The molecule has 1 amide bonds. The Hall–Kier alpha value is -3.36. The third-order valence-corrected chi connectivity index (χ3v) is 3.81. The largest absolute Gasteiger partial charge is 0.426 e. The molecule has 0 radical (unpaired) electrons. The fourth-order valence-corrected chi connectivity index (χ4v) is 2.27. The number of benzene rings is 1. The van der Waals surface area contributed by atoms with Crippen molar-refractivity contribution in [2.45, 2.75) is 12.8 Å². The first-order valence-electron chi connectivity index (χ1n) is 8.42. The highest BCUT2D eigenvalue weighted by Gasteiger charge is 2.08. The number of hydrogen-bond donors (Lipinski definition) is 2. The summed E-state index contributed by atoms with van der Waals surface area (Å²) in [5, 5.41) is 5.50. The topological polar surface area (TPSA) is 111 Å². The Morgan fingerprint density at radius 2 is 1.70 bits per heavy atom. The molecule has 0 aliphatic rings. The van der Waals surface area contributed by atoms with Crippen molar-refractivity contribution in [2.24, 2.45) is 14.1 Å². The van der Waals surface area contributed by atoms with Crippen molar-refractivity contribution in [3.8, 4) is 5.75 Å². The number of para-hydroxylation sites is 1. The van der Waals surface area contributed by atoms with E-state index in [0.29, 0.717) is 11.6 Å². The number of amides is 1. The van der Waals surface area contributed by atoms with Crippen molar-refractivity contribution in [3.63, 3.8) is 0 Å². The van der Waals surface area contributed by atoms with E-state index in [4.69, 9.17) is 4.74 Å². The maximum absolute atomic E-state index is 11.8. The van der Waals surface area contributed by atoms with Crippen LogP contribution in [0.25, 0.3) is 0 Å². The normalized spacial score (nSPS) is 10.3. The van der Waals surface area contributed by atoms with Gasteiger partial charge in [0, 0.05) is 39.7 Å². The molecule has 2 N–H and O–H groups in total. The molecule has 0 bridgehead atoms. The van der Waals surface area contributed by atoms with Crippen LogP contribution in [0.3, 0.4) is 0 Å². The van der Waals surface area contributed by atoms with Gasteiger partial charge in [0.1, 0.15) is 11.6 Å². The highest BCUT2D eigenvalue weighted by molar-refractivity contribution is 5.78. The Labute approximate surface area is 155 Å². The van der Waals surface area contributed by atoms with Gasteiger partial charge >= 0.3 is 11.7 Å². The Bertz CT molecular complexity index is 918. The smallest absolute Gasteiger partial charge is 0.332 e. The van der Waals surface area contributed by atoms with Crippen LogP contribution in [0.1, 0.15) is 12.8 Å². The molecule has 0 fully saturated rings. The zero-order valence-electron chi connectivity index (χ0n) is 15.2. The number of nitrogens with zero attached hydrogens (tertiary/aromatic N) is 2. The Kier molecular flexibility index (Phi) is 6.93. The summed E-state index contributed by atoms with van der Waals surface area (Å²) in [4.78, 5) is 46.9. The molecule has 0 aliphatic carbocycles. The fourth-order valence-electron chi connectivity index (χ4n) is 2.27. The SMILES string of the molecule is Cn1c(NCCC(=O)NCCC(=O)Oc2ccccc2)cc(=O)n(C)c1=O. The minimum atomic E-state index is -0.452. The molecule has 0 spiro atoms. The Morgan fingerprint density at radius 3 is 2.41 bits per heavy atom. The summed E-state index contributed by atoms with van der Waals surface area (Å²) in [6.45, 7) is 0.398. The molecule has 2 aromatic rings. The Morgan fingerprint density at radius 1 is 1.00 bits per heavy atom. The van der Waals surface area contributed by atoms with Gasteiger partial charge in [-0.2, -0.15) is 0 Å². The van der Waals surface area contributed by atoms with Crippen LogP contribution in [0.2, 0.25) is 0 Å². The van der Waals surface area contributed by atoms with E-state index in [9.17, 15) is 19.2 Å². The molecule has 1 aromatic heterocycles. The fraction of sp³-hybridized carbons (Fsp3) is 0.333. The van der Waals surface area contributed by atoms with Gasteiger partial charge in [-0.05, 0) is 12.1 Å². The van der Waals surface area contributed by atoms with Crippen molar-refractivity contribution in [2.75, 3.05) is 18.4 Å². The summed E-state index contributed by atoms with van der Waals surface area (Å²) < 4.78 is 7.40. The van der Waals surface area contributed by atoms with Gasteiger partial charge in [-0.3, -0.25) is 23.5 Å². The quantitative estimate of drug-likeness (QED) is 0.497. The van der Waals surface area contributed by atoms with E-state index in [2.05, 4.69) is 10.6 Å². The predicted octanol–water partition coefficient (Wildman–Crippen LogP) is -0.00210. The molecule has 0 unspecified atom stereocenters. The molecule has 9 nitrogen and oxygen atoms in total. The minimum Gasteiger partial charge on any atom is -0.426 e. The molecular formula is C18H22N4O5. The second-order valence-corrected chi connectivity index (χ2v) is 5.83. The van der Waals surface area contributed by atoms with Gasteiger partial charge < -0.3 is 15.4 Å². The maximum atomic E-state index is 11.8. The molecule has 27 heavy (non-hydrogen) atoms. The Balaban J connectivity index is 1.70. The molecule has 0 saturated carbocycles. The zero-order chi connectivity index (χ0) is 19.8. The summed E-state index contributed by atoms with van der Waals surface area (Å²) in [6.07, 6.45) is 0.175. The lowest BCUT2D eigenvalue weighted by atomic mass is 10.3. The van der Waals surface area contributed by atoms with Crippen LogP contribution in [0.5, 0.6) is 5.75 Å². The summed E-state index contributed by atoms with van der Waals surface area (Å²) in [6, 6.07) is 9.97. The van der Waals surface area contributed by atoms with Crippen molar-refractivity contribution in [1.29, 1.82) is 0 Å². The van der Waals surface area contributed by atoms with Gasteiger partial charge in [0.15, 0.2) is 0 Å². The van der Waals surface area contributed by atoms with Crippen LogP contribution in [0.4, 0.5) is 5.82 Å². The molecule has 0 atom stereocenters. The van der Waals surface area contributed by atoms with E-state index in [0.717, 1.165) is 4.57 Å². The maximum Gasteiger partial charge on any atom is 0.332 e. The lowest BCUT2D eigenvalue weighted by Gasteiger charge is -2.11. The zero-order valence-corrected chi connectivity index (χ0v) is 15.2. The standard InChI is InChI=1S/C18H22N4O5/c1-21-14(12-16(24)22(2)18(21)26)19-10-8-15(23)20-11-9-17(25)27-13-6-4-3-5-7-13/h3-7,12,19H,8-11H2,1-2H3,(H,20,23). The van der Waals surface area contributed by atoms with E-state index >= 15 is 0 Å². The number of anilines is 1. The number of hydrogen-bond acceptors (Lipinski definition) is 6. The number of aromatic nitrogens is 2. The first-order chi connectivity index (χ1) is 12.9. The van der Waals surface area contributed by atoms with E-state index in [1.165, 1.54) is 24.7 Å². The number of esters is 1. The lowest BCUT2D eigenvalue weighted by Crippen LogP contribution is -2.37. The van der Waals surface area contributed by atoms with Gasteiger partial charge in [0.05, 0.1) is 6.42 Å². The van der Waals surface area contributed by atoms with Crippen molar-refractivity contribution in [1.82, 2.24) is 14.5 Å². The molecule has 1 aromatic carbocycles. The third kappa shape index (κ3) is 5.84. The van der Waals surface area contributed by atoms with E-state index < -0.39 is 17.2 Å². The minimum absolute atomic E-state index is 0.0529. The van der Waals surface area contributed by atoms with Crippen LogP contribution in [-0.2, 0) is 23.7 Å². The second-order valence-electron chi connectivity index (χ2n) is 5.83. The highest BCUT2D eigenvalue weighted by atomic mass is 16.5. The number of carbonyl (C=O) groups excluding carboxylic acids is 2. The predicted molar refractivity (Wildman–Crippen MR) is 99.7 cm³/mol. The molecule has 0 aliphatic heterocycles. The monoisotopic (exact) mass is 374 g/mol. The van der Waals surface area contributed by atoms with Crippen molar-refractivity contribution >= 4 is 17.7 Å². The van der Waals surface area contributed by atoms with Gasteiger partial charge in [-0.15, -0.1) is 0 Å². The first kappa shape index (κ1) is 20.0. The third-order valence-electron chi connectivity index (χ3n) is 3.81. The van der Waals surface area contributed by atoms with Gasteiger partial charge in [0.25, 0.3) is 5.56 Å². The number of nitrogens with one attached hydrogen (secondary N) is 2. The summed E-state index contributed by atoms with van der Waals surface area (Å²) in [7, 11) is 2.92. The number of carbonyl (C=O) groups is 2. The average molecular weight is 374 g/mol. The number of rotatable bonds is 8. The molecule has 144 valence electrons. The molecule has 2 rings (SSSR count). The van der Waals surface area contributed by atoms with E-state index in [1.54, 1.807) is 24.3 Å². The molecule has 0 saturated heterocycles. The lowest BCUT2D eigenvalue weighted by molar-refractivity contribution is -0.134. The van der Waals surface area contributed by atoms with Crippen molar-refractivity contribution in [3.05, 3.63) is 57.2 Å². The summed E-state index contributed by atoms with van der Waals surface area (Å²) in [5.41, 5.74) is -0.881.